The van der Waals surface area contributed by atoms with Gasteiger partial charge in [0.15, 0.2) is 0 Å². The Morgan fingerprint density at radius 3 is 2.46 bits per heavy atom. The van der Waals surface area contributed by atoms with Crippen LogP contribution in [0.4, 0.5) is 10.1 Å². The summed E-state index contributed by atoms with van der Waals surface area (Å²) in [5, 5.41) is 10.2. The van der Waals surface area contributed by atoms with Crippen molar-refractivity contribution < 1.29 is 23.8 Å². The molecule has 0 bridgehead atoms. The summed E-state index contributed by atoms with van der Waals surface area (Å²) in [5.74, 6) is -0.520. The molecule has 0 spiro atoms. The van der Waals surface area contributed by atoms with Gasteiger partial charge < -0.3 is 19.3 Å². The van der Waals surface area contributed by atoms with Gasteiger partial charge in [-0.15, -0.1) is 0 Å². The van der Waals surface area contributed by atoms with Gasteiger partial charge in [0.2, 0.25) is 5.91 Å². The Hall–Kier alpha value is -4.69. The van der Waals surface area contributed by atoms with Crippen LogP contribution in [0.5, 0.6) is 5.75 Å². The molecular weight excluding hydrogens is 605 g/mol. The third-order valence-electron chi connectivity index (χ3n) is 9.09. The first kappa shape index (κ1) is 30.0. The number of carboxylic acids is 1. The lowest BCUT2D eigenvalue weighted by molar-refractivity contribution is -0.117. The van der Waals surface area contributed by atoms with Crippen molar-refractivity contribution in [1.82, 2.24) is 9.55 Å². The molecule has 1 N–H and O–H groups in total. The number of imidazole rings is 1. The molecule has 1 amide bonds. The van der Waals surface area contributed by atoms with Gasteiger partial charge in [-0.05, 0) is 90.6 Å². The molecule has 0 radical (unpaired) electrons. The van der Waals surface area contributed by atoms with Crippen molar-refractivity contribution in [3.63, 3.8) is 0 Å². The molecule has 1 aromatic heterocycles. The molecule has 1 aliphatic carbocycles. The number of ether oxygens (including phenoxy) is 1. The fourth-order valence-corrected chi connectivity index (χ4v) is 6.86. The van der Waals surface area contributed by atoms with Gasteiger partial charge in [-0.1, -0.05) is 49.1 Å². The summed E-state index contributed by atoms with van der Waals surface area (Å²) in [6, 6.07) is 23.3. The van der Waals surface area contributed by atoms with Crippen molar-refractivity contribution in [3.8, 4) is 28.3 Å². The zero-order chi connectivity index (χ0) is 31.8. The minimum Gasteiger partial charge on any atom is -0.489 e. The number of anilines is 1. The summed E-state index contributed by atoms with van der Waals surface area (Å²) in [4.78, 5) is 30.7. The van der Waals surface area contributed by atoms with E-state index in [1.165, 1.54) is 12.5 Å². The number of hydrogen-bond acceptors (Lipinski definition) is 4. The maximum Gasteiger partial charge on any atom is 0.335 e. The predicted molar refractivity (Wildman–Crippen MR) is 177 cm³/mol. The number of carbonyl (C=O) groups excluding carboxylic acids is 1. The molecule has 2 heterocycles. The van der Waals surface area contributed by atoms with Crippen LogP contribution in [-0.2, 0) is 11.4 Å². The number of nitrogens with zero attached hydrogens (tertiary/aromatic N) is 3. The van der Waals surface area contributed by atoms with E-state index >= 15 is 4.39 Å². The van der Waals surface area contributed by atoms with Crippen LogP contribution >= 0.6 is 11.6 Å². The zero-order valence-corrected chi connectivity index (χ0v) is 26.0. The number of benzene rings is 4. The van der Waals surface area contributed by atoms with E-state index in [0.717, 1.165) is 60.0 Å². The molecule has 2 fully saturated rings. The van der Waals surface area contributed by atoms with Gasteiger partial charge in [0.25, 0.3) is 0 Å². The van der Waals surface area contributed by atoms with Crippen LogP contribution < -0.4 is 9.64 Å². The molecule has 1 saturated carbocycles. The summed E-state index contributed by atoms with van der Waals surface area (Å²) in [6.07, 6.45) is 6.64. The predicted octanol–water partition coefficient (Wildman–Crippen LogP) is 9.07. The number of halogens is 2. The highest BCUT2D eigenvalue weighted by atomic mass is 35.5. The van der Waals surface area contributed by atoms with E-state index < -0.39 is 11.8 Å². The Morgan fingerprint density at radius 2 is 1.74 bits per heavy atom. The Morgan fingerprint density at radius 1 is 0.935 bits per heavy atom. The van der Waals surface area contributed by atoms with Gasteiger partial charge in [0.05, 0.1) is 22.2 Å². The molecule has 9 heteroatoms. The summed E-state index contributed by atoms with van der Waals surface area (Å²) in [6.45, 7) is 0.874. The van der Waals surface area contributed by atoms with Crippen LogP contribution in [0, 0.1) is 5.82 Å². The maximum atomic E-state index is 15.9. The fraction of sp³-hybridized carbons (Fsp3) is 0.270. The van der Waals surface area contributed by atoms with Crippen LogP contribution in [0.1, 0.15) is 66.9 Å². The third-order valence-corrected chi connectivity index (χ3v) is 9.34. The number of aromatic carboxylic acids is 1. The first-order valence-electron chi connectivity index (χ1n) is 15.7. The summed E-state index contributed by atoms with van der Waals surface area (Å²) >= 11 is 6.16. The SMILES string of the molecule is O=C(O)c1ccc2c(c1)nc(-c1ccc(OCc3ccc(N4CCCC4=O)cc3-c3ccc(Cl)cc3)cc1F)n2C1CCCCC1. The van der Waals surface area contributed by atoms with E-state index in [-0.39, 0.29) is 24.1 Å². The van der Waals surface area contributed by atoms with E-state index in [4.69, 9.17) is 21.3 Å². The number of rotatable bonds is 8. The fourth-order valence-electron chi connectivity index (χ4n) is 6.74. The van der Waals surface area contributed by atoms with Crippen LogP contribution in [0.25, 0.3) is 33.5 Å². The summed E-state index contributed by atoms with van der Waals surface area (Å²) in [5.41, 5.74) is 5.40. The standard InChI is InChI=1S/C37H33ClFN3O4/c38-26-12-8-23(9-13-26)31-20-28(41-18-4-7-35(41)43)14-10-25(31)22-46-29-15-16-30(32(39)21-29)36-40-33-19-24(37(44)45)11-17-34(33)42(36)27-5-2-1-3-6-27/h8-17,19-21,27H,1-7,18,22H2,(H,44,45). The largest absolute Gasteiger partial charge is 0.489 e. The van der Waals surface area contributed by atoms with Crippen LogP contribution in [0.2, 0.25) is 5.02 Å². The summed E-state index contributed by atoms with van der Waals surface area (Å²) in [7, 11) is 0. The third kappa shape index (κ3) is 5.85. The van der Waals surface area contributed by atoms with Crippen LogP contribution in [-0.4, -0.2) is 33.1 Å². The normalized spacial score (nSPS) is 15.5. The van der Waals surface area contributed by atoms with Gasteiger partial charge in [0, 0.05) is 35.8 Å². The monoisotopic (exact) mass is 637 g/mol. The molecule has 5 aromatic rings. The van der Waals surface area contributed by atoms with Crippen molar-refractivity contribution >= 4 is 40.2 Å². The number of amides is 1. The van der Waals surface area contributed by atoms with Gasteiger partial charge in [-0.2, -0.15) is 0 Å². The highest BCUT2D eigenvalue weighted by Crippen LogP contribution is 2.38. The molecule has 4 aromatic carbocycles. The maximum absolute atomic E-state index is 15.9. The van der Waals surface area contributed by atoms with Gasteiger partial charge in [-0.25, -0.2) is 14.2 Å². The Balaban J connectivity index is 1.19. The van der Waals surface area contributed by atoms with E-state index in [0.29, 0.717) is 40.6 Å². The van der Waals surface area contributed by atoms with Gasteiger partial charge in [-0.3, -0.25) is 4.79 Å². The Bertz CT molecular complexity index is 1950. The number of hydrogen-bond donors (Lipinski definition) is 1. The van der Waals surface area contributed by atoms with Crippen molar-refractivity contribution in [2.24, 2.45) is 0 Å². The molecular formula is C37H33ClFN3O4. The number of fused-ring (bicyclic) bond motifs is 1. The second kappa shape index (κ2) is 12.6. The first-order chi connectivity index (χ1) is 22.4. The second-order valence-corrected chi connectivity index (χ2v) is 12.5. The van der Waals surface area contributed by atoms with E-state index in [2.05, 4.69) is 4.57 Å². The Kier molecular flexibility index (Phi) is 8.21. The number of carbonyl (C=O) groups is 2. The number of carboxylic acid groups (broad SMARTS) is 1. The molecule has 46 heavy (non-hydrogen) atoms. The second-order valence-electron chi connectivity index (χ2n) is 12.0. The molecule has 0 atom stereocenters. The lowest BCUT2D eigenvalue weighted by atomic mass is 9.94. The molecule has 0 unspecified atom stereocenters. The van der Waals surface area contributed by atoms with Crippen molar-refractivity contribution in [2.75, 3.05) is 11.4 Å². The first-order valence-corrected chi connectivity index (χ1v) is 16.1. The van der Waals surface area contributed by atoms with E-state index in [9.17, 15) is 14.7 Å². The quantitative estimate of drug-likeness (QED) is 0.183. The zero-order valence-electron chi connectivity index (χ0n) is 25.2. The van der Waals surface area contributed by atoms with Crippen molar-refractivity contribution in [1.29, 1.82) is 0 Å². The summed E-state index contributed by atoms with van der Waals surface area (Å²) < 4.78 is 24.1. The average molecular weight is 638 g/mol. The lowest BCUT2D eigenvalue weighted by Gasteiger charge is -2.25. The smallest absolute Gasteiger partial charge is 0.335 e. The number of aromatic nitrogens is 2. The molecule has 2 aliphatic rings. The topological polar surface area (TPSA) is 84.7 Å². The van der Waals surface area contributed by atoms with Crippen LogP contribution in [0.3, 0.4) is 0 Å². The van der Waals surface area contributed by atoms with E-state index in [1.54, 1.807) is 35.2 Å². The van der Waals surface area contributed by atoms with Gasteiger partial charge in [0.1, 0.15) is 24.0 Å². The van der Waals surface area contributed by atoms with Crippen molar-refractivity contribution in [3.05, 3.63) is 101 Å². The molecule has 1 saturated heterocycles. The van der Waals surface area contributed by atoms with Crippen molar-refractivity contribution in [2.45, 2.75) is 57.6 Å². The van der Waals surface area contributed by atoms with Crippen LogP contribution in [0.15, 0.2) is 78.9 Å². The minimum atomic E-state index is -1.03. The van der Waals surface area contributed by atoms with Gasteiger partial charge >= 0.3 is 5.97 Å². The molecule has 1 aliphatic heterocycles. The Labute approximate surface area is 271 Å². The molecule has 7 rings (SSSR count). The minimum absolute atomic E-state index is 0.112. The van der Waals surface area contributed by atoms with E-state index in [1.807, 2.05) is 42.5 Å². The average Bonchev–Trinajstić information content (AvgIpc) is 3.67. The highest BCUT2D eigenvalue weighted by molar-refractivity contribution is 6.30. The molecule has 234 valence electrons. The molecule has 7 nitrogen and oxygen atoms in total. The lowest BCUT2D eigenvalue weighted by Crippen LogP contribution is -2.23. The highest BCUT2D eigenvalue weighted by Gasteiger charge is 2.25.